The van der Waals surface area contributed by atoms with E-state index in [0.29, 0.717) is 18.7 Å². The first kappa shape index (κ1) is 15.9. The number of rotatable bonds is 3. The SMILES string of the molecule is O=C(c1ccc(S(=O)(=O)C(F)F)cc1)N1CCCCCC1. The smallest absolute Gasteiger partial charge is 0.339 e. The van der Waals surface area contributed by atoms with Crippen molar-refractivity contribution >= 4 is 15.7 Å². The fourth-order valence-electron chi connectivity index (χ4n) is 2.35. The molecule has 4 nitrogen and oxygen atoms in total. The van der Waals surface area contributed by atoms with Gasteiger partial charge in [0.1, 0.15) is 0 Å². The average molecular weight is 317 g/mol. The lowest BCUT2D eigenvalue weighted by Gasteiger charge is -2.20. The van der Waals surface area contributed by atoms with E-state index in [9.17, 15) is 22.0 Å². The molecule has 0 spiro atoms. The number of likely N-dealkylation sites (tertiary alicyclic amines) is 1. The van der Waals surface area contributed by atoms with Crippen molar-refractivity contribution in [2.45, 2.75) is 36.3 Å². The van der Waals surface area contributed by atoms with E-state index in [1.165, 1.54) is 12.1 Å². The Morgan fingerprint density at radius 3 is 2.00 bits per heavy atom. The maximum atomic E-state index is 12.4. The molecule has 1 aliphatic heterocycles. The third-order valence-electron chi connectivity index (χ3n) is 3.56. The second-order valence-corrected chi connectivity index (χ2v) is 6.95. The number of hydrogen-bond acceptors (Lipinski definition) is 3. The molecule has 0 atom stereocenters. The molecule has 1 aromatic rings. The Kier molecular flexibility index (Phi) is 4.92. The zero-order valence-corrected chi connectivity index (χ0v) is 12.3. The second kappa shape index (κ2) is 6.51. The van der Waals surface area contributed by atoms with Crippen LogP contribution in [0.1, 0.15) is 36.0 Å². The molecule has 0 N–H and O–H groups in total. The van der Waals surface area contributed by atoms with E-state index < -0.39 is 20.5 Å². The molecule has 2 rings (SSSR count). The largest absolute Gasteiger partial charge is 0.341 e. The molecule has 0 unspecified atom stereocenters. The summed E-state index contributed by atoms with van der Waals surface area (Å²) in [5.74, 6) is -3.64. The van der Waals surface area contributed by atoms with Crippen LogP contribution in [-0.2, 0) is 9.84 Å². The first-order valence-electron chi connectivity index (χ1n) is 6.84. The van der Waals surface area contributed by atoms with Gasteiger partial charge in [-0.3, -0.25) is 4.79 Å². The molecule has 21 heavy (non-hydrogen) atoms. The Morgan fingerprint density at radius 1 is 1.00 bits per heavy atom. The lowest BCUT2D eigenvalue weighted by atomic mass is 10.2. The van der Waals surface area contributed by atoms with Crippen molar-refractivity contribution in [1.29, 1.82) is 0 Å². The molecular weight excluding hydrogens is 300 g/mol. The molecule has 0 saturated carbocycles. The summed E-state index contributed by atoms with van der Waals surface area (Å²) >= 11 is 0. The van der Waals surface area contributed by atoms with Crippen LogP contribution in [0, 0.1) is 0 Å². The van der Waals surface area contributed by atoms with Crippen molar-refractivity contribution in [3.8, 4) is 0 Å². The van der Waals surface area contributed by atoms with Crippen LogP contribution in [0.3, 0.4) is 0 Å². The van der Waals surface area contributed by atoms with Crippen LogP contribution in [0.15, 0.2) is 29.2 Å². The lowest BCUT2D eigenvalue weighted by Crippen LogP contribution is -2.31. The molecule has 1 fully saturated rings. The maximum Gasteiger partial charge on any atom is 0.341 e. The monoisotopic (exact) mass is 317 g/mol. The summed E-state index contributed by atoms with van der Waals surface area (Å²) < 4.78 is 47.5. The van der Waals surface area contributed by atoms with E-state index >= 15 is 0 Å². The third kappa shape index (κ3) is 3.58. The van der Waals surface area contributed by atoms with Crippen LogP contribution in [0.25, 0.3) is 0 Å². The standard InChI is InChI=1S/C14H17F2NO3S/c15-14(16)21(19,20)12-7-5-11(6-8-12)13(18)17-9-3-1-2-4-10-17/h5-8,14H,1-4,9-10H2. The van der Waals surface area contributed by atoms with E-state index in [4.69, 9.17) is 0 Å². The normalized spacial score (nSPS) is 16.8. The van der Waals surface area contributed by atoms with Crippen LogP contribution in [0.2, 0.25) is 0 Å². The van der Waals surface area contributed by atoms with Gasteiger partial charge in [-0.25, -0.2) is 8.42 Å². The maximum absolute atomic E-state index is 12.4. The van der Waals surface area contributed by atoms with Gasteiger partial charge in [-0.15, -0.1) is 0 Å². The molecular formula is C14H17F2NO3S. The Morgan fingerprint density at radius 2 is 1.52 bits per heavy atom. The van der Waals surface area contributed by atoms with Crippen molar-refractivity contribution in [2.24, 2.45) is 0 Å². The molecule has 0 radical (unpaired) electrons. The predicted molar refractivity (Wildman–Crippen MR) is 74.0 cm³/mol. The van der Waals surface area contributed by atoms with E-state index in [2.05, 4.69) is 0 Å². The fraction of sp³-hybridized carbons (Fsp3) is 0.500. The van der Waals surface area contributed by atoms with Gasteiger partial charge in [0.2, 0.25) is 9.84 Å². The predicted octanol–water partition coefficient (Wildman–Crippen LogP) is 2.70. The third-order valence-corrected chi connectivity index (χ3v) is 4.96. The number of nitrogens with zero attached hydrogens (tertiary/aromatic N) is 1. The van der Waals surface area contributed by atoms with Crippen molar-refractivity contribution < 1.29 is 22.0 Å². The van der Waals surface area contributed by atoms with E-state index in [-0.39, 0.29) is 5.91 Å². The summed E-state index contributed by atoms with van der Waals surface area (Å²) in [5, 5.41) is 0. The van der Waals surface area contributed by atoms with Gasteiger partial charge in [-0.05, 0) is 37.1 Å². The number of amides is 1. The van der Waals surface area contributed by atoms with Gasteiger partial charge in [0.25, 0.3) is 5.91 Å². The topological polar surface area (TPSA) is 54.5 Å². The van der Waals surface area contributed by atoms with Crippen molar-refractivity contribution in [3.63, 3.8) is 0 Å². The van der Waals surface area contributed by atoms with Crippen LogP contribution in [0.4, 0.5) is 8.78 Å². The molecule has 7 heteroatoms. The van der Waals surface area contributed by atoms with Gasteiger partial charge in [0.15, 0.2) is 0 Å². The Labute approximate surface area is 122 Å². The van der Waals surface area contributed by atoms with Crippen LogP contribution in [0.5, 0.6) is 0 Å². The molecule has 1 saturated heterocycles. The van der Waals surface area contributed by atoms with Crippen molar-refractivity contribution in [1.82, 2.24) is 4.90 Å². The quantitative estimate of drug-likeness (QED) is 0.861. The molecule has 1 amide bonds. The average Bonchev–Trinajstić information content (AvgIpc) is 2.75. The Balaban J connectivity index is 2.17. The molecule has 116 valence electrons. The number of carbonyl (C=O) groups is 1. The zero-order valence-electron chi connectivity index (χ0n) is 11.5. The van der Waals surface area contributed by atoms with Gasteiger partial charge < -0.3 is 4.90 Å². The molecule has 1 aliphatic rings. The molecule has 0 aliphatic carbocycles. The van der Waals surface area contributed by atoms with Gasteiger partial charge in [0.05, 0.1) is 4.90 Å². The summed E-state index contributed by atoms with van der Waals surface area (Å²) in [6.45, 7) is 1.35. The second-order valence-electron chi connectivity index (χ2n) is 5.04. The minimum Gasteiger partial charge on any atom is -0.339 e. The highest BCUT2D eigenvalue weighted by Crippen LogP contribution is 2.20. The molecule has 0 bridgehead atoms. The van der Waals surface area contributed by atoms with E-state index in [1.807, 2.05) is 0 Å². The minimum atomic E-state index is -4.61. The molecule has 1 aromatic carbocycles. The minimum absolute atomic E-state index is 0.183. The van der Waals surface area contributed by atoms with Gasteiger partial charge >= 0.3 is 5.76 Å². The van der Waals surface area contributed by atoms with Gasteiger partial charge in [-0.2, -0.15) is 8.78 Å². The van der Waals surface area contributed by atoms with Crippen molar-refractivity contribution in [3.05, 3.63) is 29.8 Å². The van der Waals surface area contributed by atoms with Crippen molar-refractivity contribution in [2.75, 3.05) is 13.1 Å². The van der Waals surface area contributed by atoms with Crippen LogP contribution < -0.4 is 0 Å². The summed E-state index contributed by atoms with van der Waals surface area (Å²) in [4.78, 5) is 13.5. The first-order valence-corrected chi connectivity index (χ1v) is 8.39. The summed E-state index contributed by atoms with van der Waals surface area (Å²) in [6, 6.07) is 4.71. The van der Waals surface area contributed by atoms with Crippen LogP contribution in [-0.4, -0.2) is 38.1 Å². The highest BCUT2D eigenvalue weighted by molar-refractivity contribution is 7.91. The Bertz CT molecular complexity index is 591. The van der Waals surface area contributed by atoms with Gasteiger partial charge in [-0.1, -0.05) is 12.8 Å². The summed E-state index contributed by atoms with van der Waals surface area (Å²) in [6.07, 6.45) is 4.08. The summed E-state index contributed by atoms with van der Waals surface area (Å²) in [7, 11) is -4.61. The number of sulfone groups is 1. The summed E-state index contributed by atoms with van der Waals surface area (Å²) in [5.41, 5.74) is 0.324. The first-order chi connectivity index (χ1) is 9.93. The molecule has 0 aromatic heterocycles. The van der Waals surface area contributed by atoms with Gasteiger partial charge in [0, 0.05) is 18.7 Å². The van der Waals surface area contributed by atoms with Crippen LogP contribution >= 0.6 is 0 Å². The number of alkyl halides is 2. The van der Waals surface area contributed by atoms with E-state index in [1.54, 1.807) is 4.90 Å². The highest BCUT2D eigenvalue weighted by Gasteiger charge is 2.27. The lowest BCUT2D eigenvalue weighted by molar-refractivity contribution is 0.0761. The fourth-order valence-corrected chi connectivity index (χ4v) is 3.07. The zero-order chi connectivity index (χ0) is 15.5. The number of benzene rings is 1. The Hall–Kier alpha value is -1.50. The molecule has 1 heterocycles. The number of carbonyl (C=O) groups excluding carboxylic acids is 1. The number of halogens is 2. The van der Waals surface area contributed by atoms with E-state index in [0.717, 1.165) is 37.8 Å². The number of hydrogen-bond donors (Lipinski definition) is 0. The highest BCUT2D eigenvalue weighted by atomic mass is 32.2.